The highest BCUT2D eigenvalue weighted by atomic mass is 16.6. The lowest BCUT2D eigenvalue weighted by Gasteiger charge is -2.36. The van der Waals surface area contributed by atoms with Crippen molar-refractivity contribution in [2.45, 2.75) is 77.2 Å². The maximum absolute atomic E-state index is 12.4. The summed E-state index contributed by atoms with van der Waals surface area (Å²) < 4.78 is 10.5. The number of aryl methyl sites for hydroxylation is 2. The van der Waals surface area contributed by atoms with E-state index in [2.05, 4.69) is 6.07 Å². The van der Waals surface area contributed by atoms with Gasteiger partial charge in [-0.25, -0.2) is 4.79 Å². The normalized spacial score (nSPS) is 18.7. The van der Waals surface area contributed by atoms with Crippen LogP contribution in [0.1, 0.15) is 75.6 Å². The molecule has 1 saturated heterocycles. The molecule has 3 rings (SSSR count). The van der Waals surface area contributed by atoms with Crippen LogP contribution in [-0.2, 0) is 27.1 Å². The van der Waals surface area contributed by atoms with E-state index in [1.54, 1.807) is 4.90 Å². The second-order valence-electron chi connectivity index (χ2n) is 9.27. The Morgan fingerprint density at radius 1 is 1.21 bits per heavy atom. The molecule has 0 radical (unpaired) electrons. The second-order valence-corrected chi connectivity index (χ2v) is 9.27. The number of fused-ring (bicyclic) bond motifs is 1. The van der Waals surface area contributed by atoms with Crippen molar-refractivity contribution in [1.29, 1.82) is 0 Å². The molecular weight excluding hydrogens is 368 g/mol. The summed E-state index contributed by atoms with van der Waals surface area (Å²) in [6.07, 6.45) is 8.27. The zero-order chi connectivity index (χ0) is 21.0. The number of hydrogen-bond acceptors (Lipinski definition) is 5. The van der Waals surface area contributed by atoms with Crippen molar-refractivity contribution < 1.29 is 19.1 Å². The van der Waals surface area contributed by atoms with E-state index in [-0.39, 0.29) is 18.0 Å². The number of aromatic nitrogens is 1. The van der Waals surface area contributed by atoms with Crippen LogP contribution < -0.4 is 0 Å². The first-order valence-corrected chi connectivity index (χ1v) is 10.8. The summed E-state index contributed by atoms with van der Waals surface area (Å²) in [6, 6.07) is 2.26. The number of methoxy groups -OCH3 is 1. The fourth-order valence-electron chi connectivity index (χ4n) is 4.44. The quantitative estimate of drug-likeness (QED) is 0.704. The van der Waals surface area contributed by atoms with E-state index in [4.69, 9.17) is 14.5 Å². The number of likely N-dealkylation sites (tertiary alicyclic amines) is 1. The molecule has 0 N–H and O–H groups in total. The van der Waals surface area contributed by atoms with E-state index in [0.717, 1.165) is 31.2 Å². The molecular formula is C23H34N2O4. The molecule has 1 aromatic rings. The summed E-state index contributed by atoms with van der Waals surface area (Å²) in [5.41, 5.74) is 3.18. The molecule has 2 aliphatic rings. The molecule has 1 amide bonds. The van der Waals surface area contributed by atoms with Gasteiger partial charge in [0.05, 0.1) is 13.5 Å². The van der Waals surface area contributed by atoms with Gasteiger partial charge in [-0.3, -0.25) is 9.78 Å². The van der Waals surface area contributed by atoms with Gasteiger partial charge in [-0.2, -0.15) is 0 Å². The number of nitrogens with zero attached hydrogens (tertiary/aromatic N) is 2. The number of ether oxygens (including phenoxy) is 2. The Labute approximate surface area is 174 Å². The fourth-order valence-corrected chi connectivity index (χ4v) is 4.44. The average molecular weight is 403 g/mol. The van der Waals surface area contributed by atoms with Gasteiger partial charge in [0.1, 0.15) is 5.60 Å². The number of hydrogen-bond donors (Lipinski definition) is 0. The van der Waals surface area contributed by atoms with Crippen molar-refractivity contribution in [2.24, 2.45) is 5.92 Å². The van der Waals surface area contributed by atoms with Crippen LogP contribution >= 0.6 is 0 Å². The summed E-state index contributed by atoms with van der Waals surface area (Å²) in [6.45, 7) is 6.94. The average Bonchev–Trinajstić information content (AvgIpc) is 2.70. The largest absolute Gasteiger partial charge is 0.469 e. The Hall–Kier alpha value is -2.11. The van der Waals surface area contributed by atoms with Crippen molar-refractivity contribution in [3.05, 3.63) is 29.1 Å². The summed E-state index contributed by atoms with van der Waals surface area (Å²) in [7, 11) is 1.44. The molecule has 1 unspecified atom stereocenters. The minimum atomic E-state index is -0.490. The molecule has 0 bridgehead atoms. The second kappa shape index (κ2) is 9.14. The molecule has 6 heteroatoms. The van der Waals surface area contributed by atoms with Gasteiger partial charge in [-0.05, 0) is 82.3 Å². The Kier molecular flexibility index (Phi) is 6.81. The van der Waals surface area contributed by atoms with Crippen LogP contribution in [0.25, 0.3) is 0 Å². The molecule has 0 spiro atoms. The van der Waals surface area contributed by atoms with E-state index in [9.17, 15) is 9.59 Å². The van der Waals surface area contributed by atoms with Crippen LogP contribution in [0, 0.1) is 5.92 Å². The van der Waals surface area contributed by atoms with Gasteiger partial charge in [0, 0.05) is 25.0 Å². The third kappa shape index (κ3) is 5.71. The van der Waals surface area contributed by atoms with Gasteiger partial charge in [0.15, 0.2) is 0 Å². The molecule has 1 aliphatic heterocycles. The molecule has 0 aromatic carbocycles. The predicted octanol–water partition coefficient (Wildman–Crippen LogP) is 4.25. The third-order valence-corrected chi connectivity index (χ3v) is 5.99. The highest BCUT2D eigenvalue weighted by molar-refractivity contribution is 5.70. The minimum Gasteiger partial charge on any atom is -0.469 e. The third-order valence-electron chi connectivity index (χ3n) is 5.99. The molecule has 160 valence electrons. The van der Waals surface area contributed by atoms with Crippen molar-refractivity contribution >= 4 is 12.1 Å². The Bertz CT molecular complexity index is 733. The monoisotopic (exact) mass is 402 g/mol. The van der Waals surface area contributed by atoms with Crippen LogP contribution in [0.4, 0.5) is 4.79 Å². The number of carbonyl (C=O) groups excluding carboxylic acids is 2. The van der Waals surface area contributed by atoms with Gasteiger partial charge < -0.3 is 14.4 Å². The smallest absolute Gasteiger partial charge is 0.410 e. The molecule has 29 heavy (non-hydrogen) atoms. The lowest BCUT2D eigenvalue weighted by atomic mass is 9.78. The van der Waals surface area contributed by atoms with Gasteiger partial charge in [-0.1, -0.05) is 6.07 Å². The number of pyridine rings is 1. The minimum absolute atomic E-state index is 0.0722. The first kappa shape index (κ1) is 21.6. The fraction of sp³-hybridized carbons (Fsp3) is 0.696. The van der Waals surface area contributed by atoms with Crippen LogP contribution in [0.5, 0.6) is 0 Å². The number of carbonyl (C=O) groups is 2. The summed E-state index contributed by atoms with van der Waals surface area (Å²) >= 11 is 0. The van der Waals surface area contributed by atoms with E-state index in [1.807, 2.05) is 27.0 Å². The Balaban J connectivity index is 1.72. The van der Waals surface area contributed by atoms with Crippen molar-refractivity contribution in [1.82, 2.24) is 9.88 Å². The van der Waals surface area contributed by atoms with Crippen LogP contribution in [-0.4, -0.2) is 47.7 Å². The number of esters is 1. The molecule has 1 atom stereocenters. The van der Waals surface area contributed by atoms with Gasteiger partial charge in [0.2, 0.25) is 0 Å². The molecule has 1 aromatic heterocycles. The van der Waals surface area contributed by atoms with Gasteiger partial charge in [-0.15, -0.1) is 0 Å². The molecule has 6 nitrogen and oxygen atoms in total. The summed E-state index contributed by atoms with van der Waals surface area (Å²) in [5.74, 6) is 0.196. The van der Waals surface area contributed by atoms with E-state index in [1.165, 1.54) is 31.2 Å². The van der Waals surface area contributed by atoms with Crippen LogP contribution in [0.3, 0.4) is 0 Å². The van der Waals surface area contributed by atoms with Crippen LogP contribution in [0.2, 0.25) is 0 Å². The van der Waals surface area contributed by atoms with Gasteiger partial charge in [0.25, 0.3) is 0 Å². The first-order valence-electron chi connectivity index (χ1n) is 10.8. The van der Waals surface area contributed by atoms with E-state index in [0.29, 0.717) is 25.4 Å². The number of rotatable bonds is 4. The summed E-state index contributed by atoms with van der Waals surface area (Å²) in [5, 5.41) is 0. The number of amides is 1. The molecule has 2 heterocycles. The summed E-state index contributed by atoms with van der Waals surface area (Å²) in [4.78, 5) is 31.0. The molecule has 0 saturated carbocycles. The number of piperidine rings is 1. The molecule has 1 aliphatic carbocycles. The van der Waals surface area contributed by atoms with Crippen LogP contribution in [0.15, 0.2) is 12.3 Å². The van der Waals surface area contributed by atoms with Gasteiger partial charge >= 0.3 is 12.1 Å². The zero-order valence-corrected chi connectivity index (χ0v) is 18.2. The van der Waals surface area contributed by atoms with Crippen molar-refractivity contribution in [3.8, 4) is 0 Å². The highest BCUT2D eigenvalue weighted by Crippen LogP contribution is 2.37. The van der Waals surface area contributed by atoms with E-state index >= 15 is 0 Å². The topological polar surface area (TPSA) is 68.7 Å². The Morgan fingerprint density at radius 2 is 1.90 bits per heavy atom. The lowest BCUT2D eigenvalue weighted by molar-refractivity contribution is -0.141. The molecule has 1 fully saturated rings. The van der Waals surface area contributed by atoms with Crippen molar-refractivity contribution in [3.63, 3.8) is 0 Å². The maximum Gasteiger partial charge on any atom is 0.410 e. The Morgan fingerprint density at radius 3 is 2.55 bits per heavy atom. The predicted molar refractivity (Wildman–Crippen MR) is 111 cm³/mol. The standard InChI is InChI=1S/C23H34N2O4/c1-23(2,3)29-22(27)25-11-9-16(10-12-25)19(14-21(26)28-4)18-13-17-7-5-6-8-20(17)24-15-18/h13,15-16,19H,5-12,14H2,1-4H3. The highest BCUT2D eigenvalue weighted by Gasteiger charge is 2.33. The van der Waals surface area contributed by atoms with Crippen molar-refractivity contribution in [2.75, 3.05) is 20.2 Å². The first-order chi connectivity index (χ1) is 13.8. The SMILES string of the molecule is COC(=O)CC(c1cnc2c(c1)CCCC2)C1CCN(C(=O)OC(C)(C)C)CC1. The van der Waals surface area contributed by atoms with E-state index < -0.39 is 5.60 Å². The lowest BCUT2D eigenvalue weighted by Crippen LogP contribution is -2.42. The maximum atomic E-state index is 12.4. The zero-order valence-electron chi connectivity index (χ0n) is 18.2.